The molecule has 0 saturated carbocycles. The largest absolute Gasteiger partial charge is 0.504 e. The Hall–Kier alpha value is -3.42. The lowest BCUT2D eigenvalue weighted by Gasteiger charge is -2.38. The number of benzene rings is 2. The summed E-state index contributed by atoms with van der Waals surface area (Å²) in [5.74, 6) is 2.99. The van der Waals surface area contributed by atoms with Gasteiger partial charge in [-0.05, 0) is 104 Å². The molecule has 0 spiro atoms. The molecule has 4 rings (SSSR count). The van der Waals surface area contributed by atoms with Crippen LogP contribution in [0.5, 0.6) is 28.7 Å². The van der Waals surface area contributed by atoms with E-state index in [0.29, 0.717) is 30.5 Å². The second-order valence-corrected chi connectivity index (χ2v) is 12.6. The van der Waals surface area contributed by atoms with Crippen molar-refractivity contribution in [2.75, 3.05) is 34.5 Å². The summed E-state index contributed by atoms with van der Waals surface area (Å²) in [7, 11) is 4.85. The number of allylic oxidation sites excluding steroid dienone is 5. The van der Waals surface area contributed by atoms with E-state index in [9.17, 15) is 5.11 Å². The van der Waals surface area contributed by atoms with Crippen LogP contribution in [0.4, 0.5) is 0 Å². The molecule has 2 heterocycles. The van der Waals surface area contributed by atoms with Gasteiger partial charge in [-0.25, -0.2) is 0 Å². The molecule has 0 aliphatic carbocycles. The Kier molecular flexibility index (Phi) is 12.0. The monoisotopic (exact) mass is 620 g/mol. The van der Waals surface area contributed by atoms with Gasteiger partial charge in [-0.15, -0.1) is 0 Å². The number of hydrogen-bond donors (Lipinski definition) is 1. The number of phenols is 1. The van der Waals surface area contributed by atoms with E-state index in [2.05, 4.69) is 39.0 Å². The third-order valence-electron chi connectivity index (χ3n) is 9.12. The first-order chi connectivity index (χ1) is 21.6. The van der Waals surface area contributed by atoms with Gasteiger partial charge < -0.3 is 33.5 Å². The maximum absolute atomic E-state index is 10.5. The number of ether oxygens (including phenoxy) is 6. The summed E-state index contributed by atoms with van der Waals surface area (Å²) in [6.07, 6.45) is 14.5. The van der Waals surface area contributed by atoms with E-state index in [1.165, 1.54) is 16.7 Å². The van der Waals surface area contributed by atoms with Crippen molar-refractivity contribution in [2.45, 2.75) is 97.9 Å². The van der Waals surface area contributed by atoms with Crippen molar-refractivity contribution in [3.05, 3.63) is 75.4 Å². The number of aromatic hydroxyl groups is 1. The quantitative estimate of drug-likeness (QED) is 0.224. The van der Waals surface area contributed by atoms with Crippen LogP contribution in [0.15, 0.2) is 53.1 Å². The summed E-state index contributed by atoms with van der Waals surface area (Å²) in [6.45, 7) is 11.7. The number of methoxy groups -OCH3 is 3. The van der Waals surface area contributed by atoms with E-state index in [4.69, 9.17) is 28.4 Å². The highest BCUT2D eigenvalue weighted by atomic mass is 16.7. The summed E-state index contributed by atoms with van der Waals surface area (Å²) in [4.78, 5) is 0. The Morgan fingerprint density at radius 2 is 1.58 bits per heavy atom. The first kappa shape index (κ1) is 34.5. The second-order valence-electron chi connectivity index (χ2n) is 12.6. The smallest absolute Gasteiger partial charge is 0.184 e. The highest BCUT2D eigenvalue weighted by Gasteiger charge is 2.34. The molecule has 246 valence electrons. The van der Waals surface area contributed by atoms with Crippen LogP contribution in [0.25, 0.3) is 0 Å². The number of rotatable bonds is 13. The van der Waals surface area contributed by atoms with Gasteiger partial charge in [0.15, 0.2) is 29.3 Å². The van der Waals surface area contributed by atoms with Crippen molar-refractivity contribution in [2.24, 2.45) is 0 Å². The predicted octanol–water partition coefficient (Wildman–Crippen LogP) is 9.02. The van der Waals surface area contributed by atoms with Gasteiger partial charge in [0, 0.05) is 22.3 Å². The zero-order valence-electron chi connectivity index (χ0n) is 28.5. The first-order valence-corrected chi connectivity index (χ1v) is 16.1. The van der Waals surface area contributed by atoms with Crippen LogP contribution >= 0.6 is 0 Å². The Morgan fingerprint density at radius 1 is 0.911 bits per heavy atom. The van der Waals surface area contributed by atoms with E-state index in [0.717, 1.165) is 79.4 Å². The molecule has 0 radical (unpaired) electrons. The van der Waals surface area contributed by atoms with Crippen molar-refractivity contribution < 1.29 is 33.5 Å². The number of fused-ring (bicyclic) bond motifs is 1. The highest BCUT2D eigenvalue weighted by Crippen LogP contribution is 2.48. The van der Waals surface area contributed by atoms with Gasteiger partial charge in [0.05, 0.1) is 34.5 Å². The van der Waals surface area contributed by atoms with Crippen LogP contribution in [0.1, 0.15) is 94.3 Å². The normalized spacial score (nSPS) is 20.4. The van der Waals surface area contributed by atoms with Gasteiger partial charge in [-0.2, -0.15) is 0 Å². The van der Waals surface area contributed by atoms with Crippen LogP contribution in [0.2, 0.25) is 0 Å². The zero-order chi connectivity index (χ0) is 32.6. The van der Waals surface area contributed by atoms with Crippen molar-refractivity contribution in [1.82, 2.24) is 0 Å². The van der Waals surface area contributed by atoms with E-state index in [1.54, 1.807) is 21.3 Å². The van der Waals surface area contributed by atoms with Crippen molar-refractivity contribution in [1.29, 1.82) is 0 Å². The van der Waals surface area contributed by atoms with Crippen LogP contribution in [0, 0.1) is 13.8 Å². The average Bonchev–Trinajstić information content (AvgIpc) is 3.04. The molecule has 2 aromatic carbocycles. The fourth-order valence-electron chi connectivity index (χ4n) is 6.19. The molecule has 0 bridgehead atoms. The zero-order valence-corrected chi connectivity index (χ0v) is 28.5. The molecule has 1 unspecified atom stereocenters. The lowest BCUT2D eigenvalue weighted by atomic mass is 9.85. The molecule has 2 aliphatic heterocycles. The molecule has 1 N–H and O–H groups in total. The Labute approximate surface area is 269 Å². The van der Waals surface area contributed by atoms with Crippen molar-refractivity contribution in [3.63, 3.8) is 0 Å². The average molecular weight is 621 g/mol. The third kappa shape index (κ3) is 8.65. The van der Waals surface area contributed by atoms with E-state index in [-0.39, 0.29) is 11.4 Å². The minimum absolute atomic E-state index is 0.230. The minimum Gasteiger partial charge on any atom is -0.504 e. The molecule has 45 heavy (non-hydrogen) atoms. The number of hydrogen-bond acceptors (Lipinski definition) is 7. The summed E-state index contributed by atoms with van der Waals surface area (Å²) < 4.78 is 34.8. The molecule has 2 aromatic rings. The fraction of sp³-hybridized carbons (Fsp3) is 0.526. The van der Waals surface area contributed by atoms with Gasteiger partial charge in [0.1, 0.15) is 11.4 Å². The van der Waals surface area contributed by atoms with Gasteiger partial charge in [0.25, 0.3) is 0 Å². The van der Waals surface area contributed by atoms with Gasteiger partial charge in [-0.3, -0.25) is 0 Å². The van der Waals surface area contributed by atoms with Crippen LogP contribution in [0.3, 0.4) is 0 Å². The molecular weight excluding hydrogens is 568 g/mol. The van der Waals surface area contributed by atoms with Crippen LogP contribution < -0.4 is 18.9 Å². The van der Waals surface area contributed by atoms with Gasteiger partial charge in [0.2, 0.25) is 0 Å². The Morgan fingerprint density at radius 3 is 2.24 bits per heavy atom. The summed E-state index contributed by atoms with van der Waals surface area (Å²) in [5.41, 5.74) is 7.55. The van der Waals surface area contributed by atoms with Crippen LogP contribution in [-0.2, 0) is 15.9 Å². The molecule has 1 fully saturated rings. The van der Waals surface area contributed by atoms with Crippen LogP contribution in [-0.4, -0.2) is 45.3 Å². The lowest BCUT2D eigenvalue weighted by molar-refractivity contribution is -0.161. The fourth-order valence-corrected chi connectivity index (χ4v) is 6.19. The molecule has 2 aliphatic rings. The maximum atomic E-state index is 10.5. The topological polar surface area (TPSA) is 75.6 Å². The minimum atomic E-state index is -0.400. The SMILES string of the molecule is COc1ccc(C2OCC(=CCC/C(C)=C/CC/C(C)=C/CCC3(C)CCc4c(C)c(O)c(OC)c(C)c4O3)CO2)cc1OC. The third-order valence-corrected chi connectivity index (χ3v) is 9.12. The highest BCUT2D eigenvalue weighted by molar-refractivity contribution is 5.62. The van der Waals surface area contributed by atoms with Crippen molar-refractivity contribution >= 4 is 0 Å². The van der Waals surface area contributed by atoms with E-state index in [1.807, 2.05) is 32.0 Å². The number of phenolic OH excluding ortho intramolecular Hbond substituents is 1. The molecule has 0 aromatic heterocycles. The maximum Gasteiger partial charge on any atom is 0.184 e. The second kappa shape index (κ2) is 15.7. The lowest BCUT2D eigenvalue weighted by Crippen LogP contribution is -2.36. The predicted molar refractivity (Wildman–Crippen MR) is 179 cm³/mol. The molecule has 0 amide bonds. The Bertz CT molecular complexity index is 1410. The van der Waals surface area contributed by atoms with E-state index >= 15 is 0 Å². The molecule has 1 saturated heterocycles. The molecular formula is C38H52O7. The standard InChI is InChI=1S/C38H52O7/c1-25(14-10-16-29-23-43-37(44-24-29)30-17-18-32(40-6)33(22-30)41-7)12-9-13-26(2)15-11-20-38(5)21-19-31-27(3)34(39)36(42-8)28(4)35(31)45-38/h12,15-18,22,37,39H,9-11,13-14,19-21,23-24H2,1-8H3/b25-12+,26-15+,29-16?. The molecule has 1 atom stereocenters. The first-order valence-electron chi connectivity index (χ1n) is 16.1. The van der Waals surface area contributed by atoms with Crippen molar-refractivity contribution in [3.8, 4) is 28.7 Å². The summed E-state index contributed by atoms with van der Waals surface area (Å²) in [5, 5.41) is 10.5. The van der Waals surface area contributed by atoms with Gasteiger partial charge >= 0.3 is 0 Å². The molecule has 7 heteroatoms. The summed E-state index contributed by atoms with van der Waals surface area (Å²) in [6, 6.07) is 5.72. The Balaban J connectivity index is 1.17. The van der Waals surface area contributed by atoms with Gasteiger partial charge in [-0.1, -0.05) is 35.4 Å². The van der Waals surface area contributed by atoms with E-state index < -0.39 is 6.29 Å². The summed E-state index contributed by atoms with van der Waals surface area (Å²) >= 11 is 0. The molecule has 7 nitrogen and oxygen atoms in total.